The number of amides is 1. The largest absolute Gasteiger partial charge is 0.352 e. The van der Waals surface area contributed by atoms with Gasteiger partial charge in [0.05, 0.1) is 17.5 Å². The van der Waals surface area contributed by atoms with Crippen molar-refractivity contribution in [3.05, 3.63) is 41.9 Å². The molecule has 2 heterocycles. The van der Waals surface area contributed by atoms with E-state index in [2.05, 4.69) is 15.4 Å². The van der Waals surface area contributed by atoms with Crippen LogP contribution in [0.15, 0.2) is 30.6 Å². The Hall–Kier alpha value is -1.63. The molecule has 122 valence electrons. The third-order valence-electron chi connectivity index (χ3n) is 2.98. The van der Waals surface area contributed by atoms with Gasteiger partial charge in [0.1, 0.15) is 0 Å². The number of pyridine rings is 1. The fraction of sp³-hybridized carbons (Fsp3) is 0.357. The Labute approximate surface area is 142 Å². The van der Waals surface area contributed by atoms with Gasteiger partial charge in [-0.15, -0.1) is 24.8 Å². The molecule has 0 aliphatic heterocycles. The number of aromatic nitrogens is 3. The summed E-state index contributed by atoms with van der Waals surface area (Å²) in [5.41, 5.74) is 6.86. The summed E-state index contributed by atoms with van der Waals surface area (Å²) in [6, 6.07) is 5.60. The Kier molecular flexibility index (Phi) is 9.40. The molecule has 8 heteroatoms. The fourth-order valence-corrected chi connectivity index (χ4v) is 1.98. The Balaban J connectivity index is 0.00000220. The summed E-state index contributed by atoms with van der Waals surface area (Å²) in [7, 11) is 0. The van der Waals surface area contributed by atoms with Gasteiger partial charge < -0.3 is 11.1 Å². The highest BCUT2D eigenvalue weighted by Crippen LogP contribution is 2.14. The molecule has 0 spiro atoms. The first-order valence-corrected chi connectivity index (χ1v) is 6.74. The number of nitrogens with two attached hydrogens (primary N) is 1. The number of nitrogens with one attached hydrogen (secondary N) is 1. The van der Waals surface area contributed by atoms with Crippen LogP contribution in [0.3, 0.4) is 0 Å². The number of carbonyl (C=O) groups is 1. The van der Waals surface area contributed by atoms with Crippen molar-refractivity contribution >= 4 is 30.7 Å². The van der Waals surface area contributed by atoms with Gasteiger partial charge in [0, 0.05) is 12.7 Å². The van der Waals surface area contributed by atoms with Crippen LogP contribution in [0.5, 0.6) is 0 Å². The molecule has 3 N–H and O–H groups in total. The Bertz CT molecular complexity index is 574. The first-order chi connectivity index (χ1) is 9.77. The molecule has 2 aromatic rings. The van der Waals surface area contributed by atoms with Crippen LogP contribution < -0.4 is 11.1 Å². The van der Waals surface area contributed by atoms with Gasteiger partial charge in [0.15, 0.2) is 5.82 Å². The fourth-order valence-electron chi connectivity index (χ4n) is 1.98. The van der Waals surface area contributed by atoms with Gasteiger partial charge in [0.25, 0.3) is 5.91 Å². The second kappa shape index (κ2) is 10.2. The molecule has 0 aliphatic carbocycles. The van der Waals surface area contributed by atoms with Gasteiger partial charge in [-0.2, -0.15) is 5.10 Å². The van der Waals surface area contributed by atoms with Crippen LogP contribution in [0.4, 0.5) is 0 Å². The van der Waals surface area contributed by atoms with Crippen molar-refractivity contribution < 1.29 is 4.79 Å². The van der Waals surface area contributed by atoms with E-state index in [1.165, 1.54) is 0 Å². The molecule has 0 saturated heterocycles. The molecule has 6 nitrogen and oxygen atoms in total. The molecule has 0 fully saturated rings. The van der Waals surface area contributed by atoms with E-state index in [9.17, 15) is 4.79 Å². The molecular formula is C14H21Cl2N5O. The van der Waals surface area contributed by atoms with Gasteiger partial charge in [-0.25, -0.2) is 9.67 Å². The van der Waals surface area contributed by atoms with E-state index in [1.54, 1.807) is 17.1 Å². The van der Waals surface area contributed by atoms with Crippen LogP contribution in [0.2, 0.25) is 0 Å². The maximum atomic E-state index is 12.1. The summed E-state index contributed by atoms with van der Waals surface area (Å²) in [5.74, 6) is 0.600. The molecule has 0 aromatic carbocycles. The Morgan fingerprint density at radius 1 is 1.36 bits per heavy atom. The zero-order valence-corrected chi connectivity index (χ0v) is 14.0. The van der Waals surface area contributed by atoms with Crippen molar-refractivity contribution in [1.29, 1.82) is 0 Å². The molecule has 2 aromatic heterocycles. The van der Waals surface area contributed by atoms with Crippen LogP contribution in [0.1, 0.15) is 29.4 Å². The summed E-state index contributed by atoms with van der Waals surface area (Å²) < 4.78 is 1.71. The molecule has 0 aliphatic rings. The van der Waals surface area contributed by atoms with Gasteiger partial charge >= 0.3 is 0 Å². The predicted octanol–water partition coefficient (Wildman–Crippen LogP) is 1.75. The van der Waals surface area contributed by atoms with E-state index in [1.807, 2.05) is 25.1 Å². The quantitative estimate of drug-likeness (QED) is 0.781. The maximum Gasteiger partial charge on any atom is 0.254 e. The first-order valence-electron chi connectivity index (χ1n) is 6.74. The molecule has 1 amide bonds. The van der Waals surface area contributed by atoms with Crippen LogP contribution in [-0.2, 0) is 6.42 Å². The smallest absolute Gasteiger partial charge is 0.254 e. The Morgan fingerprint density at radius 2 is 2.14 bits per heavy atom. The lowest BCUT2D eigenvalue weighted by Crippen LogP contribution is -2.26. The van der Waals surface area contributed by atoms with E-state index < -0.39 is 0 Å². The lowest BCUT2D eigenvalue weighted by molar-refractivity contribution is 0.0952. The minimum atomic E-state index is -0.113. The van der Waals surface area contributed by atoms with E-state index in [-0.39, 0.29) is 30.7 Å². The highest BCUT2D eigenvalue weighted by atomic mass is 35.5. The molecule has 0 radical (unpaired) electrons. The van der Waals surface area contributed by atoms with Gasteiger partial charge in [-0.05, 0) is 31.5 Å². The van der Waals surface area contributed by atoms with E-state index in [4.69, 9.17) is 5.73 Å². The summed E-state index contributed by atoms with van der Waals surface area (Å²) in [6.07, 6.45) is 4.76. The van der Waals surface area contributed by atoms with Crippen molar-refractivity contribution in [1.82, 2.24) is 20.1 Å². The molecule has 0 saturated carbocycles. The van der Waals surface area contributed by atoms with Crippen LogP contribution in [-0.4, -0.2) is 33.8 Å². The van der Waals surface area contributed by atoms with E-state index in [0.717, 1.165) is 12.1 Å². The van der Waals surface area contributed by atoms with E-state index >= 15 is 0 Å². The summed E-state index contributed by atoms with van der Waals surface area (Å²) in [5, 5.41) is 7.12. The molecule has 0 bridgehead atoms. The standard InChI is InChI=1S/C14H19N5O.2ClH/c1-2-12-11(14(20)17-9-5-7-15)10-18-19(12)13-6-3-4-8-16-13;;/h3-4,6,8,10H,2,5,7,9,15H2,1H3,(H,17,20);2*1H. The molecular weight excluding hydrogens is 325 g/mol. The molecule has 0 atom stereocenters. The van der Waals surface area contributed by atoms with E-state index in [0.29, 0.717) is 30.9 Å². The molecule has 22 heavy (non-hydrogen) atoms. The van der Waals surface area contributed by atoms with Gasteiger partial charge in [-0.1, -0.05) is 13.0 Å². The summed E-state index contributed by atoms with van der Waals surface area (Å²) in [4.78, 5) is 16.4. The highest BCUT2D eigenvalue weighted by molar-refractivity contribution is 5.95. The average molecular weight is 346 g/mol. The monoisotopic (exact) mass is 345 g/mol. The highest BCUT2D eigenvalue weighted by Gasteiger charge is 2.16. The zero-order valence-electron chi connectivity index (χ0n) is 12.4. The number of rotatable bonds is 6. The second-order valence-corrected chi connectivity index (χ2v) is 4.36. The Morgan fingerprint density at radius 3 is 2.73 bits per heavy atom. The van der Waals surface area contributed by atoms with Gasteiger partial charge in [0.2, 0.25) is 0 Å². The SMILES string of the molecule is CCc1c(C(=O)NCCCN)cnn1-c1ccccn1.Cl.Cl. The average Bonchev–Trinajstić information content (AvgIpc) is 2.92. The molecule has 2 rings (SSSR count). The van der Waals surface area contributed by atoms with Crippen LogP contribution in [0.25, 0.3) is 5.82 Å². The number of nitrogens with zero attached hydrogens (tertiary/aromatic N) is 3. The van der Waals surface area contributed by atoms with Crippen molar-refractivity contribution in [3.63, 3.8) is 0 Å². The minimum absolute atomic E-state index is 0. The predicted molar refractivity (Wildman–Crippen MR) is 91.2 cm³/mol. The maximum absolute atomic E-state index is 12.1. The second-order valence-electron chi connectivity index (χ2n) is 4.36. The van der Waals surface area contributed by atoms with Crippen LogP contribution in [0, 0.1) is 0 Å². The number of carbonyl (C=O) groups excluding carboxylic acids is 1. The van der Waals surface area contributed by atoms with Crippen LogP contribution >= 0.6 is 24.8 Å². The van der Waals surface area contributed by atoms with Crippen molar-refractivity contribution in [2.24, 2.45) is 5.73 Å². The number of hydrogen-bond acceptors (Lipinski definition) is 4. The first kappa shape index (κ1) is 20.4. The number of hydrogen-bond donors (Lipinski definition) is 2. The minimum Gasteiger partial charge on any atom is -0.352 e. The van der Waals surface area contributed by atoms with Gasteiger partial charge in [-0.3, -0.25) is 4.79 Å². The molecule has 0 unspecified atom stereocenters. The van der Waals surface area contributed by atoms with Crippen molar-refractivity contribution in [2.45, 2.75) is 19.8 Å². The third-order valence-corrected chi connectivity index (χ3v) is 2.98. The summed E-state index contributed by atoms with van der Waals surface area (Å²) in [6.45, 7) is 3.13. The van der Waals surface area contributed by atoms with Crippen molar-refractivity contribution in [2.75, 3.05) is 13.1 Å². The normalized spacial score (nSPS) is 9.55. The zero-order chi connectivity index (χ0) is 14.4. The number of halogens is 2. The lowest BCUT2D eigenvalue weighted by atomic mass is 10.2. The third kappa shape index (κ3) is 4.69. The topological polar surface area (TPSA) is 85.8 Å². The van der Waals surface area contributed by atoms with Crippen molar-refractivity contribution in [3.8, 4) is 5.82 Å². The lowest BCUT2D eigenvalue weighted by Gasteiger charge is -2.07. The summed E-state index contributed by atoms with van der Waals surface area (Å²) >= 11 is 0.